The second kappa shape index (κ2) is 6.48. The van der Waals surface area contributed by atoms with Crippen LogP contribution in [0.5, 0.6) is 11.5 Å². The Morgan fingerprint density at radius 1 is 1.25 bits per heavy atom. The Balaban J connectivity index is 1.90. The molecule has 24 heavy (non-hydrogen) atoms. The second-order valence-corrected chi connectivity index (χ2v) is 7.79. The molecule has 4 nitrogen and oxygen atoms in total. The van der Waals surface area contributed by atoms with E-state index >= 15 is 0 Å². The van der Waals surface area contributed by atoms with Crippen molar-refractivity contribution in [2.45, 2.75) is 32.2 Å². The van der Waals surface area contributed by atoms with Gasteiger partial charge in [-0.3, -0.25) is 4.79 Å². The van der Waals surface area contributed by atoms with Crippen molar-refractivity contribution in [1.29, 1.82) is 0 Å². The minimum atomic E-state index is -0.127. The van der Waals surface area contributed by atoms with Crippen molar-refractivity contribution < 1.29 is 14.3 Å². The van der Waals surface area contributed by atoms with Crippen molar-refractivity contribution in [3.8, 4) is 11.5 Å². The molecule has 0 saturated carbocycles. The van der Waals surface area contributed by atoms with Gasteiger partial charge < -0.3 is 14.4 Å². The van der Waals surface area contributed by atoms with Gasteiger partial charge in [-0.1, -0.05) is 19.9 Å². The lowest BCUT2D eigenvalue weighted by atomic mass is 9.78. The average molecular weight is 345 g/mol. The first-order chi connectivity index (χ1) is 11.4. The lowest BCUT2D eigenvalue weighted by Crippen LogP contribution is -2.45. The van der Waals surface area contributed by atoms with Gasteiger partial charge in [0.05, 0.1) is 20.6 Å². The summed E-state index contributed by atoms with van der Waals surface area (Å²) in [6.07, 6.45) is 0.469. The fourth-order valence-electron chi connectivity index (χ4n) is 3.36. The first-order valence-electron chi connectivity index (χ1n) is 8.00. The number of carbonyl (C=O) groups is 1. The standard InChI is InChI=1S/C19H23NO3S/c1-19(2)12-20(18(21)9-14-6-5-7-24-14)11-13-8-16(22-3)17(23-4)10-15(13)19/h5-8,10H,9,11-12H2,1-4H3. The van der Waals surface area contributed by atoms with E-state index in [-0.39, 0.29) is 11.3 Å². The van der Waals surface area contributed by atoms with E-state index in [1.54, 1.807) is 25.6 Å². The second-order valence-electron chi connectivity index (χ2n) is 6.75. The zero-order valence-corrected chi connectivity index (χ0v) is 15.4. The number of methoxy groups -OCH3 is 2. The fraction of sp³-hybridized carbons (Fsp3) is 0.421. The lowest BCUT2D eigenvalue weighted by Gasteiger charge is -2.40. The van der Waals surface area contributed by atoms with Gasteiger partial charge in [-0.2, -0.15) is 0 Å². The van der Waals surface area contributed by atoms with E-state index in [1.807, 2.05) is 28.5 Å². The van der Waals surface area contributed by atoms with Crippen molar-refractivity contribution in [1.82, 2.24) is 4.90 Å². The van der Waals surface area contributed by atoms with E-state index in [1.165, 1.54) is 5.56 Å². The number of fused-ring (bicyclic) bond motifs is 1. The number of hydrogen-bond acceptors (Lipinski definition) is 4. The number of ether oxygens (including phenoxy) is 2. The van der Waals surface area contributed by atoms with Gasteiger partial charge in [0.25, 0.3) is 0 Å². The molecule has 1 aliphatic heterocycles. The van der Waals surface area contributed by atoms with Gasteiger partial charge in [-0.15, -0.1) is 11.3 Å². The summed E-state index contributed by atoms with van der Waals surface area (Å²) < 4.78 is 10.9. The molecule has 1 amide bonds. The molecule has 0 radical (unpaired) electrons. The van der Waals surface area contributed by atoms with E-state index in [2.05, 4.69) is 19.9 Å². The number of hydrogen-bond donors (Lipinski definition) is 0. The topological polar surface area (TPSA) is 38.8 Å². The third-order valence-electron chi connectivity index (χ3n) is 4.54. The maximum absolute atomic E-state index is 12.7. The molecule has 1 aromatic carbocycles. The van der Waals surface area contributed by atoms with Crippen LogP contribution in [0, 0.1) is 0 Å². The normalized spacial score (nSPS) is 15.8. The van der Waals surface area contributed by atoms with Crippen LogP contribution in [0.15, 0.2) is 29.6 Å². The smallest absolute Gasteiger partial charge is 0.228 e. The van der Waals surface area contributed by atoms with Gasteiger partial charge in [0.15, 0.2) is 11.5 Å². The van der Waals surface area contributed by atoms with Crippen LogP contribution in [-0.2, 0) is 23.2 Å². The Hall–Kier alpha value is -2.01. The zero-order chi connectivity index (χ0) is 17.3. The van der Waals surface area contributed by atoms with Crippen molar-refractivity contribution in [2.24, 2.45) is 0 Å². The van der Waals surface area contributed by atoms with Gasteiger partial charge in [0, 0.05) is 23.4 Å². The molecule has 0 saturated heterocycles. The van der Waals surface area contributed by atoms with Crippen LogP contribution in [0.4, 0.5) is 0 Å². The maximum Gasteiger partial charge on any atom is 0.228 e. The summed E-state index contributed by atoms with van der Waals surface area (Å²) in [4.78, 5) is 15.8. The van der Waals surface area contributed by atoms with E-state index in [9.17, 15) is 4.79 Å². The Labute approximate surface area is 147 Å². The summed E-state index contributed by atoms with van der Waals surface area (Å²) in [6, 6.07) is 8.05. The molecular weight excluding hydrogens is 322 g/mol. The monoisotopic (exact) mass is 345 g/mol. The van der Waals surface area contributed by atoms with Crippen molar-refractivity contribution in [3.63, 3.8) is 0 Å². The number of rotatable bonds is 4. The highest BCUT2D eigenvalue weighted by Crippen LogP contribution is 2.40. The largest absolute Gasteiger partial charge is 0.493 e. The predicted molar refractivity (Wildman–Crippen MR) is 96.0 cm³/mol. The van der Waals surface area contributed by atoms with Gasteiger partial charge in [0.1, 0.15) is 0 Å². The summed E-state index contributed by atoms with van der Waals surface area (Å²) in [5.74, 6) is 1.62. The highest BCUT2D eigenvalue weighted by atomic mass is 32.1. The molecule has 2 heterocycles. The number of amides is 1. The highest BCUT2D eigenvalue weighted by Gasteiger charge is 2.35. The summed E-state index contributed by atoms with van der Waals surface area (Å²) in [5, 5.41) is 2.01. The molecule has 0 spiro atoms. The average Bonchev–Trinajstić information content (AvgIpc) is 3.05. The van der Waals surface area contributed by atoms with Crippen LogP contribution < -0.4 is 9.47 Å². The van der Waals surface area contributed by atoms with Gasteiger partial charge in [-0.25, -0.2) is 0 Å². The maximum atomic E-state index is 12.7. The third-order valence-corrected chi connectivity index (χ3v) is 5.42. The van der Waals surface area contributed by atoms with E-state index in [0.717, 1.165) is 16.2 Å². The number of carbonyl (C=O) groups excluding carboxylic acids is 1. The molecule has 0 bridgehead atoms. The first-order valence-corrected chi connectivity index (χ1v) is 8.88. The molecule has 1 aliphatic rings. The number of nitrogens with zero attached hydrogens (tertiary/aromatic N) is 1. The molecule has 5 heteroatoms. The molecule has 0 atom stereocenters. The third kappa shape index (κ3) is 3.13. The summed E-state index contributed by atoms with van der Waals surface area (Å²) in [6.45, 7) is 5.66. The quantitative estimate of drug-likeness (QED) is 0.849. The minimum absolute atomic E-state index is 0.127. The Kier molecular flexibility index (Phi) is 4.54. The van der Waals surface area contributed by atoms with E-state index < -0.39 is 0 Å². The minimum Gasteiger partial charge on any atom is -0.493 e. The number of benzene rings is 1. The zero-order valence-electron chi connectivity index (χ0n) is 14.6. The first kappa shape index (κ1) is 16.8. The van der Waals surface area contributed by atoms with Gasteiger partial charge in [-0.05, 0) is 34.7 Å². The van der Waals surface area contributed by atoms with Crippen molar-refractivity contribution in [2.75, 3.05) is 20.8 Å². The molecule has 128 valence electrons. The molecule has 0 fully saturated rings. The van der Waals surface area contributed by atoms with E-state index in [0.29, 0.717) is 25.3 Å². The summed E-state index contributed by atoms with van der Waals surface area (Å²) in [5.41, 5.74) is 2.22. The van der Waals surface area contributed by atoms with Crippen molar-refractivity contribution in [3.05, 3.63) is 45.6 Å². The van der Waals surface area contributed by atoms with Gasteiger partial charge >= 0.3 is 0 Å². The van der Waals surface area contributed by atoms with Crippen LogP contribution in [0.25, 0.3) is 0 Å². The molecule has 0 aliphatic carbocycles. The van der Waals surface area contributed by atoms with Crippen LogP contribution in [0.1, 0.15) is 29.9 Å². The predicted octanol–water partition coefficient (Wildman–Crippen LogP) is 3.63. The highest BCUT2D eigenvalue weighted by molar-refractivity contribution is 7.10. The van der Waals surface area contributed by atoms with E-state index in [4.69, 9.17) is 9.47 Å². The van der Waals surface area contributed by atoms with Crippen LogP contribution in [-0.4, -0.2) is 31.6 Å². The Morgan fingerprint density at radius 3 is 2.58 bits per heavy atom. The number of thiophene rings is 1. The molecule has 0 unspecified atom stereocenters. The summed E-state index contributed by atoms with van der Waals surface area (Å²) in [7, 11) is 3.29. The molecule has 1 aromatic heterocycles. The van der Waals surface area contributed by atoms with Crippen LogP contribution in [0.2, 0.25) is 0 Å². The summed E-state index contributed by atoms with van der Waals surface area (Å²) >= 11 is 1.63. The van der Waals surface area contributed by atoms with Crippen molar-refractivity contribution >= 4 is 17.2 Å². The molecule has 0 N–H and O–H groups in total. The van der Waals surface area contributed by atoms with Crippen LogP contribution in [0.3, 0.4) is 0 Å². The molecular formula is C19H23NO3S. The van der Waals surface area contributed by atoms with Crippen LogP contribution >= 0.6 is 11.3 Å². The Bertz CT molecular complexity index is 737. The molecule has 2 aromatic rings. The SMILES string of the molecule is COc1cc2c(cc1OC)C(C)(C)CN(C(=O)Cc1cccs1)C2. The lowest BCUT2D eigenvalue weighted by molar-refractivity contribution is -0.132. The van der Waals surface area contributed by atoms with Gasteiger partial charge in [0.2, 0.25) is 5.91 Å². The molecule has 3 rings (SSSR count). The fourth-order valence-corrected chi connectivity index (χ4v) is 4.05. The Morgan fingerprint density at radius 2 is 1.96 bits per heavy atom.